The van der Waals surface area contributed by atoms with Gasteiger partial charge in [0.1, 0.15) is 5.76 Å². The van der Waals surface area contributed by atoms with Crippen LogP contribution in [0.15, 0.2) is 54.9 Å². The highest BCUT2D eigenvalue weighted by molar-refractivity contribution is 5.83. The largest absolute Gasteiger partial charge is 0.500 e. The summed E-state index contributed by atoms with van der Waals surface area (Å²) < 4.78 is 16.5. The van der Waals surface area contributed by atoms with E-state index in [1.165, 1.54) is 27.6 Å². The molecule has 152 valence electrons. The minimum absolute atomic E-state index is 0.199. The molecule has 0 radical (unpaired) electrons. The van der Waals surface area contributed by atoms with Crippen molar-refractivity contribution in [1.82, 2.24) is 9.88 Å². The van der Waals surface area contributed by atoms with Gasteiger partial charge in [-0.1, -0.05) is 24.8 Å². The van der Waals surface area contributed by atoms with Gasteiger partial charge in [0, 0.05) is 29.7 Å². The lowest BCUT2D eigenvalue weighted by Gasteiger charge is -2.38. The van der Waals surface area contributed by atoms with E-state index in [1.807, 2.05) is 0 Å². The average molecular weight is 392 g/mol. The summed E-state index contributed by atoms with van der Waals surface area (Å²) in [6, 6.07) is 12.9. The van der Waals surface area contributed by atoms with Crippen molar-refractivity contribution < 1.29 is 14.2 Å². The van der Waals surface area contributed by atoms with Gasteiger partial charge in [0.25, 0.3) is 0 Å². The molecule has 1 N–H and O–H groups in total. The first-order valence-electron chi connectivity index (χ1n) is 9.90. The lowest BCUT2D eigenvalue weighted by molar-refractivity contribution is 0.159. The van der Waals surface area contributed by atoms with Crippen LogP contribution in [0.2, 0.25) is 0 Å². The number of methoxy groups -OCH3 is 3. The van der Waals surface area contributed by atoms with Gasteiger partial charge in [0.2, 0.25) is 0 Å². The summed E-state index contributed by atoms with van der Waals surface area (Å²) in [6.45, 7) is 5.70. The van der Waals surface area contributed by atoms with Crippen molar-refractivity contribution in [2.45, 2.75) is 18.9 Å². The monoisotopic (exact) mass is 392 g/mol. The standard InChI is InChI=1S/C24H28N2O3/c1-16(27-2)15-26-10-9-17-12-23(28-3)24(29-4)13-20(17)22(26)11-18-14-25-21-8-6-5-7-19(18)21/h5-8,12-14,22,25H,1,9-11,15H2,2-4H3. The van der Waals surface area contributed by atoms with Gasteiger partial charge in [-0.2, -0.15) is 0 Å². The molecule has 2 aromatic carbocycles. The smallest absolute Gasteiger partial charge is 0.161 e. The maximum atomic E-state index is 5.60. The van der Waals surface area contributed by atoms with Crippen molar-refractivity contribution in [1.29, 1.82) is 0 Å². The second-order valence-electron chi connectivity index (χ2n) is 7.45. The van der Waals surface area contributed by atoms with Gasteiger partial charge < -0.3 is 19.2 Å². The summed E-state index contributed by atoms with van der Waals surface area (Å²) in [5.41, 5.74) is 5.06. The number of ether oxygens (including phenoxy) is 3. The van der Waals surface area contributed by atoms with Crippen molar-refractivity contribution >= 4 is 10.9 Å². The Balaban J connectivity index is 1.76. The Labute approximate surface area is 171 Å². The van der Waals surface area contributed by atoms with E-state index < -0.39 is 0 Å². The Morgan fingerprint density at radius 1 is 1.14 bits per heavy atom. The molecule has 0 fully saturated rings. The van der Waals surface area contributed by atoms with Crippen LogP contribution in [0.1, 0.15) is 22.7 Å². The molecule has 1 atom stereocenters. The number of hydrogen-bond donors (Lipinski definition) is 1. The summed E-state index contributed by atoms with van der Waals surface area (Å²) in [7, 11) is 5.06. The Hall–Kier alpha value is -2.92. The summed E-state index contributed by atoms with van der Waals surface area (Å²) in [5.74, 6) is 2.33. The summed E-state index contributed by atoms with van der Waals surface area (Å²) in [5, 5.41) is 1.27. The summed E-state index contributed by atoms with van der Waals surface area (Å²) in [4.78, 5) is 5.85. The van der Waals surface area contributed by atoms with E-state index in [0.29, 0.717) is 6.54 Å². The molecule has 0 saturated carbocycles. The third kappa shape index (κ3) is 3.70. The van der Waals surface area contributed by atoms with Gasteiger partial charge in [-0.25, -0.2) is 0 Å². The van der Waals surface area contributed by atoms with Gasteiger partial charge in [-0.15, -0.1) is 0 Å². The van der Waals surface area contributed by atoms with Gasteiger partial charge in [-0.3, -0.25) is 4.90 Å². The van der Waals surface area contributed by atoms with Crippen LogP contribution in [0.3, 0.4) is 0 Å². The normalized spacial score (nSPS) is 16.4. The van der Waals surface area contributed by atoms with Crippen LogP contribution in [0.25, 0.3) is 10.9 Å². The number of hydrogen-bond acceptors (Lipinski definition) is 4. The number of rotatable bonds is 7. The minimum atomic E-state index is 0.199. The van der Waals surface area contributed by atoms with Crippen molar-refractivity contribution in [3.05, 3.63) is 71.6 Å². The molecular formula is C24H28N2O3. The van der Waals surface area contributed by atoms with Crippen LogP contribution >= 0.6 is 0 Å². The molecule has 0 bridgehead atoms. The molecular weight excluding hydrogens is 364 g/mol. The molecule has 0 amide bonds. The molecule has 1 aliphatic heterocycles. The number of nitrogens with zero attached hydrogens (tertiary/aromatic N) is 1. The Morgan fingerprint density at radius 2 is 1.90 bits per heavy atom. The second-order valence-corrected chi connectivity index (χ2v) is 7.45. The molecule has 2 heterocycles. The van der Waals surface area contributed by atoms with Crippen LogP contribution < -0.4 is 9.47 Å². The molecule has 4 rings (SSSR count). The van der Waals surface area contributed by atoms with Crippen molar-refractivity contribution in [3.8, 4) is 11.5 Å². The van der Waals surface area contributed by atoms with Crippen molar-refractivity contribution in [2.75, 3.05) is 34.4 Å². The van der Waals surface area contributed by atoms with E-state index in [2.05, 4.69) is 59.1 Å². The molecule has 0 aliphatic carbocycles. The molecule has 5 nitrogen and oxygen atoms in total. The lowest BCUT2D eigenvalue weighted by atomic mass is 9.88. The maximum Gasteiger partial charge on any atom is 0.161 e. The fraction of sp³-hybridized carbons (Fsp3) is 0.333. The zero-order valence-electron chi connectivity index (χ0n) is 17.3. The topological polar surface area (TPSA) is 46.7 Å². The highest BCUT2D eigenvalue weighted by Crippen LogP contribution is 2.40. The molecule has 29 heavy (non-hydrogen) atoms. The predicted octanol–water partition coefficient (Wildman–Crippen LogP) is 4.49. The van der Waals surface area contributed by atoms with E-state index in [-0.39, 0.29) is 6.04 Å². The number of nitrogens with one attached hydrogen (secondary N) is 1. The molecule has 0 spiro atoms. The summed E-state index contributed by atoms with van der Waals surface area (Å²) in [6.07, 6.45) is 3.98. The third-order valence-electron chi connectivity index (χ3n) is 5.87. The zero-order valence-corrected chi connectivity index (χ0v) is 17.3. The number of aromatic nitrogens is 1. The van der Waals surface area contributed by atoms with E-state index in [4.69, 9.17) is 14.2 Å². The van der Waals surface area contributed by atoms with Crippen LogP contribution in [-0.2, 0) is 17.6 Å². The van der Waals surface area contributed by atoms with Crippen LogP contribution in [0.4, 0.5) is 0 Å². The Bertz CT molecular complexity index is 1020. The fourth-order valence-corrected chi connectivity index (χ4v) is 4.31. The quantitative estimate of drug-likeness (QED) is 0.602. The molecule has 1 aliphatic rings. The third-order valence-corrected chi connectivity index (χ3v) is 5.87. The predicted molar refractivity (Wildman–Crippen MR) is 116 cm³/mol. The van der Waals surface area contributed by atoms with Crippen LogP contribution in [0, 0.1) is 0 Å². The first kappa shape index (κ1) is 19.4. The van der Waals surface area contributed by atoms with Gasteiger partial charge >= 0.3 is 0 Å². The van der Waals surface area contributed by atoms with Gasteiger partial charge in [-0.05, 0) is 47.7 Å². The Morgan fingerprint density at radius 3 is 2.66 bits per heavy atom. The highest BCUT2D eigenvalue weighted by Gasteiger charge is 2.30. The van der Waals surface area contributed by atoms with E-state index in [0.717, 1.165) is 36.6 Å². The van der Waals surface area contributed by atoms with Crippen LogP contribution in [0.5, 0.6) is 11.5 Å². The minimum Gasteiger partial charge on any atom is -0.500 e. The number of benzene rings is 2. The fourth-order valence-electron chi connectivity index (χ4n) is 4.31. The Kier molecular flexibility index (Phi) is 5.49. The highest BCUT2D eigenvalue weighted by atomic mass is 16.5. The SMILES string of the molecule is C=C(CN1CCc2cc(OC)c(OC)cc2C1Cc1c[nH]c2ccccc12)OC. The van der Waals surface area contributed by atoms with E-state index in [1.54, 1.807) is 21.3 Å². The number of para-hydroxylation sites is 1. The van der Waals surface area contributed by atoms with E-state index in [9.17, 15) is 0 Å². The van der Waals surface area contributed by atoms with Gasteiger partial charge in [0.05, 0.1) is 27.9 Å². The number of fused-ring (bicyclic) bond motifs is 2. The lowest BCUT2D eigenvalue weighted by Crippen LogP contribution is -2.38. The number of H-pyrrole nitrogens is 1. The second kappa shape index (κ2) is 8.21. The molecule has 3 aromatic rings. The molecule has 5 heteroatoms. The molecule has 1 unspecified atom stereocenters. The molecule has 0 saturated heterocycles. The van der Waals surface area contributed by atoms with Crippen molar-refractivity contribution in [2.24, 2.45) is 0 Å². The maximum absolute atomic E-state index is 5.60. The zero-order chi connectivity index (χ0) is 20.4. The van der Waals surface area contributed by atoms with Crippen LogP contribution in [-0.4, -0.2) is 44.3 Å². The summed E-state index contributed by atoms with van der Waals surface area (Å²) >= 11 is 0. The first-order chi connectivity index (χ1) is 14.1. The molecule has 1 aromatic heterocycles. The van der Waals surface area contributed by atoms with Gasteiger partial charge in [0.15, 0.2) is 11.5 Å². The average Bonchev–Trinajstić information content (AvgIpc) is 3.17. The number of aromatic amines is 1. The van der Waals surface area contributed by atoms with Crippen molar-refractivity contribution in [3.63, 3.8) is 0 Å². The van der Waals surface area contributed by atoms with E-state index >= 15 is 0 Å². The first-order valence-corrected chi connectivity index (χ1v) is 9.90.